The number of imidazole rings is 1. The molecular formula is C21H20BrN3O. The van der Waals surface area contributed by atoms with Gasteiger partial charge < -0.3 is 9.72 Å². The number of nitriles is 1. The molecule has 0 aliphatic carbocycles. The summed E-state index contributed by atoms with van der Waals surface area (Å²) in [5.74, 6) is 1.37. The molecule has 0 bridgehead atoms. The number of benzene rings is 2. The van der Waals surface area contributed by atoms with Crippen LogP contribution in [0.4, 0.5) is 0 Å². The molecule has 0 saturated carbocycles. The standard InChI is InChI=1S/C21H20BrN3O/c1-4-14(3)26-20-8-6-15(11-17(20)22)10-16(12-23)21-24-18-7-5-13(2)9-19(18)25-21/h5-11,14H,4H2,1-3H3,(H,24,25). The Balaban J connectivity index is 1.93. The molecular weight excluding hydrogens is 390 g/mol. The van der Waals surface area contributed by atoms with Crippen molar-refractivity contribution in [2.24, 2.45) is 0 Å². The number of ether oxygens (including phenoxy) is 1. The zero-order chi connectivity index (χ0) is 18.7. The molecule has 1 aromatic heterocycles. The number of aromatic nitrogens is 2. The Morgan fingerprint density at radius 1 is 1.35 bits per heavy atom. The van der Waals surface area contributed by atoms with Crippen LogP contribution in [0.2, 0.25) is 0 Å². The molecule has 0 spiro atoms. The summed E-state index contributed by atoms with van der Waals surface area (Å²) in [5, 5.41) is 9.58. The highest BCUT2D eigenvalue weighted by Gasteiger charge is 2.10. The maximum absolute atomic E-state index is 9.58. The van der Waals surface area contributed by atoms with Crippen molar-refractivity contribution in [1.82, 2.24) is 9.97 Å². The van der Waals surface area contributed by atoms with Crippen molar-refractivity contribution in [3.63, 3.8) is 0 Å². The average molecular weight is 410 g/mol. The van der Waals surface area contributed by atoms with Crippen molar-refractivity contribution in [2.45, 2.75) is 33.3 Å². The largest absolute Gasteiger partial charge is 0.490 e. The van der Waals surface area contributed by atoms with E-state index < -0.39 is 0 Å². The number of halogens is 1. The summed E-state index contributed by atoms with van der Waals surface area (Å²) < 4.78 is 6.73. The van der Waals surface area contributed by atoms with E-state index in [9.17, 15) is 5.26 Å². The van der Waals surface area contributed by atoms with Gasteiger partial charge in [0.2, 0.25) is 0 Å². The Labute approximate surface area is 161 Å². The van der Waals surface area contributed by atoms with E-state index in [4.69, 9.17) is 4.74 Å². The molecule has 0 aliphatic heterocycles. The minimum absolute atomic E-state index is 0.154. The van der Waals surface area contributed by atoms with Crippen LogP contribution >= 0.6 is 15.9 Å². The van der Waals surface area contributed by atoms with Gasteiger partial charge in [-0.1, -0.05) is 19.1 Å². The molecule has 5 heteroatoms. The Morgan fingerprint density at radius 2 is 2.15 bits per heavy atom. The van der Waals surface area contributed by atoms with Gasteiger partial charge in [0, 0.05) is 0 Å². The molecule has 26 heavy (non-hydrogen) atoms. The number of aromatic amines is 1. The molecule has 1 atom stereocenters. The summed E-state index contributed by atoms with van der Waals surface area (Å²) in [6.07, 6.45) is 2.92. The van der Waals surface area contributed by atoms with E-state index in [1.54, 1.807) is 0 Å². The highest BCUT2D eigenvalue weighted by atomic mass is 79.9. The lowest BCUT2D eigenvalue weighted by Gasteiger charge is -2.14. The summed E-state index contributed by atoms with van der Waals surface area (Å²) in [6, 6.07) is 14.0. The smallest absolute Gasteiger partial charge is 0.149 e. The molecule has 132 valence electrons. The third kappa shape index (κ3) is 3.97. The van der Waals surface area contributed by atoms with E-state index in [0.717, 1.165) is 38.8 Å². The molecule has 0 fully saturated rings. The summed E-state index contributed by atoms with van der Waals surface area (Å²) in [5.41, 5.74) is 4.32. The lowest BCUT2D eigenvalue weighted by molar-refractivity contribution is 0.216. The molecule has 0 saturated heterocycles. The quantitative estimate of drug-likeness (QED) is 0.535. The van der Waals surface area contributed by atoms with Crippen molar-refractivity contribution < 1.29 is 4.74 Å². The average Bonchev–Trinajstić information content (AvgIpc) is 3.04. The first-order valence-electron chi connectivity index (χ1n) is 8.55. The second-order valence-corrected chi connectivity index (χ2v) is 7.16. The number of hydrogen-bond acceptors (Lipinski definition) is 3. The second-order valence-electron chi connectivity index (χ2n) is 6.30. The van der Waals surface area contributed by atoms with E-state index in [2.05, 4.69) is 38.9 Å². The summed E-state index contributed by atoms with van der Waals surface area (Å²) in [7, 11) is 0. The van der Waals surface area contributed by atoms with Gasteiger partial charge in [0.1, 0.15) is 17.6 Å². The van der Waals surface area contributed by atoms with E-state index in [1.165, 1.54) is 0 Å². The van der Waals surface area contributed by atoms with E-state index >= 15 is 0 Å². The minimum atomic E-state index is 0.154. The van der Waals surface area contributed by atoms with Crippen molar-refractivity contribution in [1.29, 1.82) is 5.26 Å². The van der Waals surface area contributed by atoms with Gasteiger partial charge in [0.05, 0.1) is 27.2 Å². The van der Waals surface area contributed by atoms with Crippen LogP contribution in [0.1, 0.15) is 37.2 Å². The number of H-pyrrole nitrogens is 1. The minimum Gasteiger partial charge on any atom is -0.490 e. The van der Waals surface area contributed by atoms with Crippen LogP contribution in [0.15, 0.2) is 40.9 Å². The molecule has 3 rings (SSSR count). The van der Waals surface area contributed by atoms with Gasteiger partial charge in [-0.05, 0) is 77.7 Å². The molecule has 4 nitrogen and oxygen atoms in total. The molecule has 0 aliphatic rings. The lowest BCUT2D eigenvalue weighted by Crippen LogP contribution is -2.09. The van der Waals surface area contributed by atoms with Crippen LogP contribution < -0.4 is 4.74 Å². The van der Waals surface area contributed by atoms with Crippen LogP contribution in [-0.2, 0) is 0 Å². The Bertz CT molecular complexity index is 1010. The Kier molecular flexibility index (Phi) is 5.43. The molecule has 1 N–H and O–H groups in total. The molecule has 2 aromatic carbocycles. The lowest BCUT2D eigenvalue weighted by atomic mass is 10.1. The highest BCUT2D eigenvalue weighted by Crippen LogP contribution is 2.29. The second kappa shape index (κ2) is 7.76. The van der Waals surface area contributed by atoms with Gasteiger partial charge in [-0.25, -0.2) is 4.98 Å². The maximum atomic E-state index is 9.58. The van der Waals surface area contributed by atoms with Crippen molar-refractivity contribution in [2.75, 3.05) is 0 Å². The van der Waals surface area contributed by atoms with Crippen LogP contribution in [0, 0.1) is 18.3 Å². The number of allylic oxidation sites excluding steroid dienone is 1. The predicted octanol–water partition coefficient (Wildman–Crippen LogP) is 5.88. The van der Waals surface area contributed by atoms with E-state index in [1.807, 2.05) is 56.3 Å². The third-order valence-electron chi connectivity index (χ3n) is 4.18. The molecule has 1 heterocycles. The normalized spacial score (nSPS) is 12.8. The van der Waals surface area contributed by atoms with Gasteiger partial charge in [0.15, 0.2) is 0 Å². The van der Waals surface area contributed by atoms with E-state index in [-0.39, 0.29) is 6.10 Å². The first kappa shape index (κ1) is 18.2. The number of nitrogens with one attached hydrogen (secondary N) is 1. The first-order valence-corrected chi connectivity index (χ1v) is 9.34. The maximum Gasteiger partial charge on any atom is 0.149 e. The van der Waals surface area contributed by atoms with Crippen LogP contribution in [-0.4, -0.2) is 16.1 Å². The van der Waals surface area contributed by atoms with Gasteiger partial charge >= 0.3 is 0 Å². The van der Waals surface area contributed by atoms with Crippen molar-refractivity contribution >= 4 is 38.6 Å². The van der Waals surface area contributed by atoms with Gasteiger partial charge in [0.25, 0.3) is 0 Å². The summed E-state index contributed by atoms with van der Waals surface area (Å²) in [4.78, 5) is 7.76. The summed E-state index contributed by atoms with van der Waals surface area (Å²) >= 11 is 3.55. The predicted molar refractivity (Wildman–Crippen MR) is 109 cm³/mol. The third-order valence-corrected chi connectivity index (χ3v) is 4.80. The van der Waals surface area contributed by atoms with E-state index in [0.29, 0.717) is 11.4 Å². The van der Waals surface area contributed by atoms with Gasteiger partial charge in [-0.3, -0.25) is 0 Å². The zero-order valence-corrected chi connectivity index (χ0v) is 16.6. The monoisotopic (exact) mass is 409 g/mol. The molecule has 3 aromatic rings. The number of hydrogen-bond donors (Lipinski definition) is 1. The van der Waals surface area contributed by atoms with Crippen LogP contribution in [0.25, 0.3) is 22.7 Å². The molecule has 0 amide bonds. The highest BCUT2D eigenvalue weighted by molar-refractivity contribution is 9.10. The van der Waals surface area contributed by atoms with Crippen molar-refractivity contribution in [3.8, 4) is 11.8 Å². The number of nitrogens with zero attached hydrogens (tertiary/aromatic N) is 2. The SMILES string of the molecule is CCC(C)Oc1ccc(C=C(C#N)c2nc3ccc(C)cc3[nH]2)cc1Br. The first-order chi connectivity index (χ1) is 12.5. The molecule has 0 radical (unpaired) electrons. The summed E-state index contributed by atoms with van der Waals surface area (Å²) in [6.45, 7) is 6.16. The fourth-order valence-electron chi connectivity index (χ4n) is 2.57. The zero-order valence-electron chi connectivity index (χ0n) is 15.0. The number of aryl methyl sites for hydroxylation is 1. The van der Waals surface area contributed by atoms with Crippen LogP contribution in [0.5, 0.6) is 5.75 Å². The van der Waals surface area contributed by atoms with Gasteiger partial charge in [-0.2, -0.15) is 5.26 Å². The van der Waals surface area contributed by atoms with Crippen molar-refractivity contribution in [3.05, 3.63) is 57.8 Å². The molecule has 1 unspecified atom stereocenters. The fourth-order valence-corrected chi connectivity index (χ4v) is 3.06. The Morgan fingerprint density at radius 3 is 2.85 bits per heavy atom. The Hall–Kier alpha value is -2.58. The number of rotatable bonds is 5. The topological polar surface area (TPSA) is 61.7 Å². The fraction of sp³-hybridized carbons (Fsp3) is 0.238. The van der Waals surface area contributed by atoms with Crippen LogP contribution in [0.3, 0.4) is 0 Å². The number of fused-ring (bicyclic) bond motifs is 1. The van der Waals surface area contributed by atoms with Gasteiger partial charge in [-0.15, -0.1) is 0 Å².